The highest BCUT2D eigenvalue weighted by Gasteiger charge is 2.25. The molecule has 1 heterocycles. The molecule has 0 fully saturated rings. The number of hydrogen-bond donors (Lipinski definition) is 0. The van der Waals surface area contributed by atoms with Gasteiger partial charge in [0, 0.05) is 12.0 Å². The van der Waals surface area contributed by atoms with Gasteiger partial charge < -0.3 is 4.42 Å². The Kier molecular flexibility index (Phi) is 2.92. The highest BCUT2D eigenvalue weighted by molar-refractivity contribution is 6.09. The zero-order valence-electron chi connectivity index (χ0n) is 13.2. The summed E-state index contributed by atoms with van der Waals surface area (Å²) in [7, 11) is 0. The van der Waals surface area contributed by atoms with Crippen LogP contribution in [0.15, 0.2) is 89.5 Å². The minimum Gasteiger partial charge on any atom is -0.465 e. The Morgan fingerprint density at radius 3 is 2.38 bits per heavy atom. The Bertz CT molecular complexity index is 1060. The lowest BCUT2D eigenvalue weighted by Crippen LogP contribution is -1.90. The standard InChI is InChI=1S/C23H16O/c1-3-10-18-16(7-1)9-5-12-20(18)23-19-11-4-2-8-17(19)15-21(23)22-13-6-14-24-22/h1-14H,15H2. The van der Waals surface area contributed by atoms with Gasteiger partial charge in [-0.3, -0.25) is 0 Å². The molecule has 5 rings (SSSR count). The van der Waals surface area contributed by atoms with E-state index in [0.717, 1.165) is 12.2 Å². The van der Waals surface area contributed by atoms with Gasteiger partial charge in [0.2, 0.25) is 0 Å². The van der Waals surface area contributed by atoms with Crippen molar-refractivity contribution in [3.05, 3.63) is 108 Å². The second-order valence-electron chi connectivity index (χ2n) is 6.19. The van der Waals surface area contributed by atoms with Gasteiger partial charge in [-0.2, -0.15) is 0 Å². The summed E-state index contributed by atoms with van der Waals surface area (Å²) in [5.41, 5.74) is 6.55. The zero-order chi connectivity index (χ0) is 15.9. The summed E-state index contributed by atoms with van der Waals surface area (Å²) in [6, 6.07) is 27.8. The molecule has 0 amide bonds. The summed E-state index contributed by atoms with van der Waals surface area (Å²) in [6.07, 6.45) is 2.67. The van der Waals surface area contributed by atoms with Gasteiger partial charge in [-0.25, -0.2) is 0 Å². The Morgan fingerprint density at radius 1 is 0.667 bits per heavy atom. The minimum absolute atomic E-state index is 0.919. The van der Waals surface area contributed by atoms with Crippen LogP contribution in [0.3, 0.4) is 0 Å². The van der Waals surface area contributed by atoms with Gasteiger partial charge in [-0.15, -0.1) is 0 Å². The van der Waals surface area contributed by atoms with Crippen molar-refractivity contribution in [3.8, 4) is 0 Å². The van der Waals surface area contributed by atoms with Crippen LogP contribution < -0.4 is 0 Å². The zero-order valence-corrected chi connectivity index (χ0v) is 13.2. The maximum absolute atomic E-state index is 5.75. The first-order valence-electron chi connectivity index (χ1n) is 8.25. The largest absolute Gasteiger partial charge is 0.465 e. The predicted octanol–water partition coefficient (Wildman–Crippen LogP) is 5.95. The van der Waals surface area contributed by atoms with Gasteiger partial charge in [0.15, 0.2) is 0 Å². The highest BCUT2D eigenvalue weighted by Crippen LogP contribution is 2.43. The molecule has 0 saturated heterocycles. The van der Waals surface area contributed by atoms with Crippen molar-refractivity contribution in [1.82, 2.24) is 0 Å². The third-order valence-electron chi connectivity index (χ3n) is 4.83. The van der Waals surface area contributed by atoms with E-state index in [2.05, 4.69) is 72.8 Å². The van der Waals surface area contributed by atoms with Crippen LogP contribution in [0.4, 0.5) is 0 Å². The van der Waals surface area contributed by atoms with Gasteiger partial charge in [-0.05, 0) is 45.2 Å². The van der Waals surface area contributed by atoms with Crippen LogP contribution >= 0.6 is 0 Å². The smallest absolute Gasteiger partial charge is 0.130 e. The second-order valence-corrected chi connectivity index (χ2v) is 6.19. The fourth-order valence-electron chi connectivity index (χ4n) is 3.77. The Hall–Kier alpha value is -3.06. The summed E-state index contributed by atoms with van der Waals surface area (Å²) >= 11 is 0. The van der Waals surface area contributed by atoms with Crippen molar-refractivity contribution in [2.45, 2.75) is 6.42 Å². The number of benzene rings is 3. The fraction of sp³-hybridized carbons (Fsp3) is 0.0435. The monoisotopic (exact) mass is 308 g/mol. The van der Waals surface area contributed by atoms with Crippen molar-refractivity contribution < 1.29 is 4.42 Å². The first-order chi connectivity index (χ1) is 11.9. The van der Waals surface area contributed by atoms with E-state index < -0.39 is 0 Å². The van der Waals surface area contributed by atoms with E-state index >= 15 is 0 Å². The lowest BCUT2D eigenvalue weighted by molar-refractivity contribution is 0.552. The first-order valence-corrected chi connectivity index (χ1v) is 8.25. The molecule has 0 N–H and O–H groups in total. The van der Waals surface area contributed by atoms with E-state index in [9.17, 15) is 0 Å². The molecule has 0 radical (unpaired) electrons. The molecule has 1 aliphatic carbocycles. The van der Waals surface area contributed by atoms with E-state index in [1.54, 1.807) is 6.26 Å². The average molecular weight is 308 g/mol. The van der Waals surface area contributed by atoms with Crippen LogP contribution in [-0.2, 0) is 6.42 Å². The number of furan rings is 1. The highest BCUT2D eigenvalue weighted by atomic mass is 16.3. The molecule has 0 spiro atoms. The average Bonchev–Trinajstić information content (AvgIpc) is 3.28. The molecule has 1 aromatic heterocycles. The van der Waals surface area contributed by atoms with E-state index in [4.69, 9.17) is 4.42 Å². The quantitative estimate of drug-likeness (QED) is 0.446. The van der Waals surface area contributed by atoms with Crippen molar-refractivity contribution in [2.75, 3.05) is 0 Å². The lowest BCUT2D eigenvalue weighted by Gasteiger charge is -2.11. The van der Waals surface area contributed by atoms with E-state index in [1.807, 2.05) is 6.07 Å². The summed E-state index contributed by atoms with van der Waals surface area (Å²) in [5.74, 6) is 0.967. The molecule has 0 bridgehead atoms. The first kappa shape index (κ1) is 13.4. The molecule has 114 valence electrons. The molecule has 1 nitrogen and oxygen atoms in total. The van der Waals surface area contributed by atoms with Crippen LogP contribution in [0.25, 0.3) is 21.9 Å². The van der Waals surface area contributed by atoms with Gasteiger partial charge in [0.1, 0.15) is 5.76 Å². The minimum atomic E-state index is 0.919. The van der Waals surface area contributed by atoms with E-state index in [1.165, 1.54) is 38.6 Å². The normalized spacial score (nSPS) is 13.5. The van der Waals surface area contributed by atoms with Gasteiger partial charge in [0.25, 0.3) is 0 Å². The molecule has 0 aliphatic heterocycles. The van der Waals surface area contributed by atoms with Crippen LogP contribution in [0.1, 0.15) is 22.5 Å². The number of rotatable bonds is 2. The third-order valence-corrected chi connectivity index (χ3v) is 4.83. The van der Waals surface area contributed by atoms with Crippen molar-refractivity contribution in [1.29, 1.82) is 0 Å². The molecular weight excluding hydrogens is 292 g/mol. The van der Waals surface area contributed by atoms with Crippen LogP contribution in [0, 0.1) is 0 Å². The predicted molar refractivity (Wildman–Crippen MR) is 98.7 cm³/mol. The number of hydrogen-bond acceptors (Lipinski definition) is 1. The molecular formula is C23H16O. The molecule has 0 atom stereocenters. The number of fused-ring (bicyclic) bond motifs is 2. The molecule has 0 saturated carbocycles. The number of allylic oxidation sites excluding steroid dienone is 1. The molecule has 24 heavy (non-hydrogen) atoms. The summed E-state index contributed by atoms with van der Waals surface area (Å²) in [5, 5.41) is 2.56. The summed E-state index contributed by atoms with van der Waals surface area (Å²) in [4.78, 5) is 0. The third kappa shape index (κ3) is 1.95. The molecule has 3 aromatic carbocycles. The maximum atomic E-state index is 5.75. The van der Waals surface area contributed by atoms with Crippen LogP contribution in [0.5, 0.6) is 0 Å². The SMILES string of the molecule is c1coc(C2=C(c3cccc4ccccc34)c3ccccc3C2)c1. The fourth-order valence-corrected chi connectivity index (χ4v) is 3.77. The van der Waals surface area contributed by atoms with Gasteiger partial charge in [-0.1, -0.05) is 66.7 Å². The summed E-state index contributed by atoms with van der Waals surface area (Å²) in [6.45, 7) is 0. The topological polar surface area (TPSA) is 13.1 Å². The van der Waals surface area contributed by atoms with Crippen molar-refractivity contribution >= 4 is 21.9 Å². The van der Waals surface area contributed by atoms with Gasteiger partial charge >= 0.3 is 0 Å². The van der Waals surface area contributed by atoms with Crippen LogP contribution in [0.2, 0.25) is 0 Å². The van der Waals surface area contributed by atoms with Crippen molar-refractivity contribution in [3.63, 3.8) is 0 Å². The second kappa shape index (κ2) is 5.24. The summed E-state index contributed by atoms with van der Waals surface area (Å²) < 4.78 is 5.75. The van der Waals surface area contributed by atoms with E-state index in [0.29, 0.717) is 0 Å². The lowest BCUT2D eigenvalue weighted by atomic mass is 9.92. The molecule has 4 aromatic rings. The van der Waals surface area contributed by atoms with E-state index in [-0.39, 0.29) is 0 Å². The Morgan fingerprint density at radius 2 is 1.46 bits per heavy atom. The van der Waals surface area contributed by atoms with Gasteiger partial charge in [0.05, 0.1) is 6.26 Å². The molecule has 1 heteroatoms. The van der Waals surface area contributed by atoms with Crippen LogP contribution in [-0.4, -0.2) is 0 Å². The Labute approximate surface area is 140 Å². The molecule has 0 unspecified atom stereocenters. The maximum Gasteiger partial charge on any atom is 0.130 e. The van der Waals surface area contributed by atoms with Crippen molar-refractivity contribution in [2.24, 2.45) is 0 Å². The Balaban J connectivity index is 1.86. The molecule has 1 aliphatic rings.